The van der Waals surface area contributed by atoms with E-state index in [1.54, 1.807) is 0 Å². The molecule has 0 aromatic carbocycles. The molecule has 0 aromatic rings. The third kappa shape index (κ3) is 3.88. The maximum Gasteiger partial charge on any atom is 0.264 e. The molecule has 4 nitrogen and oxygen atoms in total. The van der Waals surface area contributed by atoms with Crippen LogP contribution in [0.25, 0.3) is 0 Å². The summed E-state index contributed by atoms with van der Waals surface area (Å²) in [4.78, 5) is 0. The Kier molecular flexibility index (Phi) is 4.86. The lowest BCUT2D eigenvalue weighted by Gasteiger charge is -2.48. The van der Waals surface area contributed by atoms with Crippen molar-refractivity contribution in [3.63, 3.8) is 0 Å². The van der Waals surface area contributed by atoms with Gasteiger partial charge in [0.2, 0.25) is 0 Å². The van der Waals surface area contributed by atoms with Crippen molar-refractivity contribution < 1.29 is 17.7 Å². The molecule has 2 aliphatic rings. The molecule has 2 aliphatic carbocycles. The Morgan fingerprint density at radius 1 is 1.43 bits per heavy atom. The molecule has 0 saturated heterocycles. The highest BCUT2D eigenvalue weighted by Crippen LogP contribution is 2.51. The summed E-state index contributed by atoms with van der Waals surface area (Å²) in [5, 5.41) is 10.7. The molecule has 1 unspecified atom stereocenters. The van der Waals surface area contributed by atoms with Crippen molar-refractivity contribution >= 4 is 10.1 Å². The number of fused-ring (bicyclic) bond motifs is 1. The van der Waals surface area contributed by atoms with Gasteiger partial charge in [0.05, 0.1) is 18.0 Å². The van der Waals surface area contributed by atoms with Crippen LogP contribution in [0, 0.1) is 5.41 Å². The van der Waals surface area contributed by atoms with Gasteiger partial charge < -0.3 is 5.11 Å². The van der Waals surface area contributed by atoms with Gasteiger partial charge in [0.25, 0.3) is 10.1 Å². The molecule has 21 heavy (non-hydrogen) atoms. The highest BCUT2D eigenvalue weighted by Gasteiger charge is 2.47. The second-order valence-electron chi connectivity index (χ2n) is 6.98. The van der Waals surface area contributed by atoms with E-state index in [4.69, 9.17) is 4.18 Å². The molecule has 2 rings (SSSR count). The molecule has 0 aliphatic heterocycles. The van der Waals surface area contributed by atoms with Gasteiger partial charge in [0.15, 0.2) is 0 Å². The van der Waals surface area contributed by atoms with E-state index in [1.807, 2.05) is 6.08 Å². The van der Waals surface area contributed by atoms with Crippen LogP contribution < -0.4 is 0 Å². The summed E-state index contributed by atoms with van der Waals surface area (Å²) in [6, 6.07) is 0. The van der Waals surface area contributed by atoms with Crippen LogP contribution in [0.15, 0.2) is 11.6 Å². The minimum atomic E-state index is -3.45. The zero-order valence-corrected chi connectivity index (χ0v) is 14.2. The van der Waals surface area contributed by atoms with Gasteiger partial charge in [-0.15, -0.1) is 0 Å². The molecular weight excluding hydrogens is 288 g/mol. The fraction of sp³-hybridized carbons (Fsp3) is 0.875. The van der Waals surface area contributed by atoms with Gasteiger partial charge in [-0.05, 0) is 38.5 Å². The summed E-state index contributed by atoms with van der Waals surface area (Å²) in [6.45, 7) is 4.22. The SMILES string of the molecule is CCCCC1(O)C=C2CCC[C@@H](OS(C)(=O)=O)[C@]2(C)CC1. The van der Waals surface area contributed by atoms with Crippen molar-refractivity contribution in [1.82, 2.24) is 0 Å². The van der Waals surface area contributed by atoms with Crippen LogP contribution in [0.4, 0.5) is 0 Å². The lowest BCUT2D eigenvalue weighted by Crippen LogP contribution is -2.46. The van der Waals surface area contributed by atoms with Crippen LogP contribution in [0.1, 0.15) is 65.2 Å². The molecule has 1 N–H and O–H groups in total. The van der Waals surface area contributed by atoms with Gasteiger partial charge in [0, 0.05) is 5.41 Å². The maximum atomic E-state index is 11.5. The molecule has 0 bridgehead atoms. The number of aliphatic hydroxyl groups is 1. The lowest BCUT2D eigenvalue weighted by atomic mass is 9.61. The van der Waals surface area contributed by atoms with Gasteiger partial charge in [-0.3, -0.25) is 4.18 Å². The van der Waals surface area contributed by atoms with E-state index in [9.17, 15) is 13.5 Å². The van der Waals surface area contributed by atoms with Crippen LogP contribution in [-0.2, 0) is 14.3 Å². The van der Waals surface area contributed by atoms with Crippen molar-refractivity contribution in [3.05, 3.63) is 11.6 Å². The first-order valence-electron chi connectivity index (χ1n) is 8.01. The molecule has 0 amide bonds. The third-order valence-corrected chi connectivity index (χ3v) is 5.71. The zero-order valence-electron chi connectivity index (χ0n) is 13.4. The summed E-state index contributed by atoms with van der Waals surface area (Å²) in [5.74, 6) is 0. The second-order valence-corrected chi connectivity index (χ2v) is 8.58. The van der Waals surface area contributed by atoms with Gasteiger partial charge in [0.1, 0.15) is 0 Å². The summed E-state index contributed by atoms with van der Waals surface area (Å²) in [5.41, 5.74) is 0.227. The van der Waals surface area contributed by atoms with E-state index >= 15 is 0 Å². The Labute approximate surface area is 128 Å². The average molecular weight is 316 g/mol. The molecule has 0 radical (unpaired) electrons. The summed E-state index contributed by atoms with van der Waals surface area (Å²) < 4.78 is 28.3. The zero-order chi connectivity index (χ0) is 15.7. The Hall–Kier alpha value is -0.390. The summed E-state index contributed by atoms with van der Waals surface area (Å²) in [7, 11) is -3.45. The lowest BCUT2D eigenvalue weighted by molar-refractivity contribution is -0.000458. The highest BCUT2D eigenvalue weighted by molar-refractivity contribution is 7.86. The minimum Gasteiger partial charge on any atom is -0.386 e. The highest BCUT2D eigenvalue weighted by atomic mass is 32.2. The van der Waals surface area contributed by atoms with E-state index in [0.29, 0.717) is 6.42 Å². The van der Waals surface area contributed by atoms with Crippen LogP contribution in [-0.4, -0.2) is 31.5 Å². The van der Waals surface area contributed by atoms with E-state index in [-0.39, 0.29) is 11.5 Å². The van der Waals surface area contributed by atoms with Gasteiger partial charge in [-0.25, -0.2) is 0 Å². The number of hydrogen-bond donors (Lipinski definition) is 1. The molecular formula is C16H28O4S. The molecule has 0 heterocycles. The molecule has 1 fully saturated rings. The van der Waals surface area contributed by atoms with Crippen LogP contribution in [0.3, 0.4) is 0 Å². The average Bonchev–Trinajstić information content (AvgIpc) is 2.38. The van der Waals surface area contributed by atoms with Gasteiger partial charge >= 0.3 is 0 Å². The van der Waals surface area contributed by atoms with Gasteiger partial charge in [-0.1, -0.05) is 38.3 Å². The predicted octanol–water partition coefficient (Wildman–Crippen LogP) is 3.16. The first-order chi connectivity index (χ1) is 9.69. The van der Waals surface area contributed by atoms with Crippen molar-refractivity contribution in [3.8, 4) is 0 Å². The van der Waals surface area contributed by atoms with Crippen LogP contribution in [0.2, 0.25) is 0 Å². The number of unbranched alkanes of at least 4 members (excludes halogenated alkanes) is 1. The van der Waals surface area contributed by atoms with E-state index in [1.165, 1.54) is 5.57 Å². The second kappa shape index (κ2) is 6.01. The Morgan fingerprint density at radius 2 is 2.14 bits per heavy atom. The summed E-state index contributed by atoms with van der Waals surface area (Å²) in [6.07, 6.45) is 9.84. The molecule has 0 spiro atoms. The molecule has 3 atom stereocenters. The van der Waals surface area contributed by atoms with Crippen LogP contribution >= 0.6 is 0 Å². The number of rotatable bonds is 5. The molecule has 122 valence electrons. The first-order valence-corrected chi connectivity index (χ1v) is 9.83. The van der Waals surface area contributed by atoms with Crippen molar-refractivity contribution in [2.24, 2.45) is 5.41 Å². The first kappa shape index (κ1) is 17.0. The number of hydrogen-bond acceptors (Lipinski definition) is 4. The van der Waals surface area contributed by atoms with Gasteiger partial charge in [-0.2, -0.15) is 8.42 Å². The smallest absolute Gasteiger partial charge is 0.264 e. The van der Waals surface area contributed by atoms with E-state index in [0.717, 1.165) is 51.2 Å². The summed E-state index contributed by atoms with van der Waals surface area (Å²) >= 11 is 0. The molecule has 0 aromatic heterocycles. The molecule has 1 saturated carbocycles. The normalized spacial score (nSPS) is 37.0. The monoisotopic (exact) mass is 316 g/mol. The van der Waals surface area contributed by atoms with E-state index in [2.05, 4.69) is 13.8 Å². The van der Waals surface area contributed by atoms with Crippen LogP contribution in [0.5, 0.6) is 0 Å². The van der Waals surface area contributed by atoms with E-state index < -0.39 is 15.7 Å². The molecule has 5 heteroatoms. The largest absolute Gasteiger partial charge is 0.386 e. The maximum absolute atomic E-state index is 11.5. The Balaban J connectivity index is 2.23. The fourth-order valence-corrected chi connectivity index (χ4v) is 4.50. The quantitative estimate of drug-likeness (QED) is 0.625. The standard InChI is InChI=1S/C16H28O4S/c1-4-5-9-16(17)11-10-15(2)13(12-16)7-6-8-14(15)20-21(3,18)19/h12,14,17H,4-11H2,1-3H3/t14-,15-,16?/m1/s1. The Morgan fingerprint density at radius 3 is 2.76 bits per heavy atom. The van der Waals surface area contributed by atoms with Crippen molar-refractivity contribution in [1.29, 1.82) is 0 Å². The van der Waals surface area contributed by atoms with Crippen molar-refractivity contribution in [2.45, 2.75) is 76.9 Å². The fourth-order valence-electron chi connectivity index (χ4n) is 3.77. The Bertz CT molecular complexity index is 510. The predicted molar refractivity (Wildman–Crippen MR) is 83.5 cm³/mol. The van der Waals surface area contributed by atoms with Crippen molar-refractivity contribution in [2.75, 3.05) is 6.26 Å². The minimum absolute atomic E-state index is 0.250. The third-order valence-electron chi connectivity index (χ3n) is 5.13. The topological polar surface area (TPSA) is 63.6 Å².